The van der Waals surface area contributed by atoms with Crippen LogP contribution in [0, 0.1) is 0 Å². The standard InChI is InChI=1S/C8H17N2/c1-5-9-8(4)6-10-7(2)3/h6,8-9H,5H2,1-4H3/q+1. The van der Waals surface area contributed by atoms with E-state index in [0.717, 1.165) is 12.3 Å². The third kappa shape index (κ3) is 5.54. The zero-order valence-corrected chi connectivity index (χ0v) is 7.31. The third-order valence-electron chi connectivity index (χ3n) is 1.08. The Kier molecular flexibility index (Phi) is 4.91. The zero-order valence-electron chi connectivity index (χ0n) is 7.31. The van der Waals surface area contributed by atoms with E-state index in [0.29, 0.717) is 6.04 Å². The highest BCUT2D eigenvalue weighted by Crippen LogP contribution is 1.69. The van der Waals surface area contributed by atoms with Crippen molar-refractivity contribution in [3.05, 3.63) is 0 Å². The van der Waals surface area contributed by atoms with E-state index in [1.807, 2.05) is 20.1 Å². The summed E-state index contributed by atoms with van der Waals surface area (Å²) >= 11 is 0. The van der Waals surface area contributed by atoms with E-state index in [1.54, 1.807) is 0 Å². The molecule has 0 aliphatic rings. The van der Waals surface area contributed by atoms with Gasteiger partial charge in [-0.25, -0.2) is 0 Å². The Morgan fingerprint density at radius 3 is 2.60 bits per heavy atom. The first kappa shape index (κ1) is 9.41. The molecule has 2 heteroatoms. The predicted octanol–water partition coefficient (Wildman–Crippen LogP) is 0.603. The second-order valence-corrected chi connectivity index (χ2v) is 2.57. The fraction of sp³-hybridized carbons (Fsp3) is 0.750. The van der Waals surface area contributed by atoms with E-state index in [1.165, 1.54) is 0 Å². The van der Waals surface area contributed by atoms with Gasteiger partial charge in [0.25, 0.3) is 11.9 Å². The molecule has 0 aromatic rings. The molecule has 0 bridgehead atoms. The predicted molar refractivity (Wildman–Crippen MR) is 47.7 cm³/mol. The highest BCUT2D eigenvalue weighted by atomic mass is 14.9. The molecule has 1 N–H and O–H groups in total. The summed E-state index contributed by atoms with van der Waals surface area (Å²) in [6.45, 7) is 9.17. The average molecular weight is 141 g/mol. The smallest absolute Gasteiger partial charge is 0.285 e. The quantitative estimate of drug-likeness (QED) is 0.452. The summed E-state index contributed by atoms with van der Waals surface area (Å²) in [6.07, 6.45) is 1.93. The van der Waals surface area contributed by atoms with Crippen molar-refractivity contribution in [1.82, 2.24) is 9.98 Å². The van der Waals surface area contributed by atoms with Crippen LogP contribution in [0.3, 0.4) is 0 Å². The van der Waals surface area contributed by atoms with Crippen molar-refractivity contribution in [2.75, 3.05) is 6.54 Å². The van der Waals surface area contributed by atoms with Crippen LogP contribution in [0.25, 0.3) is 0 Å². The van der Waals surface area contributed by atoms with Crippen molar-refractivity contribution in [3.8, 4) is 0 Å². The Balaban J connectivity index is 3.77. The second kappa shape index (κ2) is 5.21. The fourth-order valence-corrected chi connectivity index (χ4v) is 0.636. The van der Waals surface area contributed by atoms with E-state index in [-0.39, 0.29) is 0 Å². The van der Waals surface area contributed by atoms with E-state index in [2.05, 4.69) is 23.8 Å². The van der Waals surface area contributed by atoms with Gasteiger partial charge in [0.05, 0.1) is 0 Å². The summed E-state index contributed by atoms with van der Waals surface area (Å²) in [7, 11) is 0. The SMILES string of the molecule is CCNC(C)C=[N+]=C(C)C. The maximum absolute atomic E-state index is 4.17. The third-order valence-corrected chi connectivity index (χ3v) is 1.08. The normalized spacial score (nSPS) is 12.0. The van der Waals surface area contributed by atoms with Crippen molar-refractivity contribution in [3.63, 3.8) is 0 Å². The van der Waals surface area contributed by atoms with Gasteiger partial charge < -0.3 is 5.32 Å². The second-order valence-electron chi connectivity index (χ2n) is 2.57. The molecule has 0 heterocycles. The minimum atomic E-state index is 0.389. The Labute approximate surface area is 63.1 Å². The van der Waals surface area contributed by atoms with Crippen LogP contribution in [0.4, 0.5) is 0 Å². The molecule has 0 rings (SSSR count). The fourth-order valence-electron chi connectivity index (χ4n) is 0.636. The van der Waals surface area contributed by atoms with Crippen molar-refractivity contribution in [2.45, 2.75) is 33.7 Å². The molecular formula is C8H17N2+. The Hall–Kier alpha value is -0.590. The van der Waals surface area contributed by atoms with Gasteiger partial charge in [-0.05, 0) is 13.5 Å². The van der Waals surface area contributed by atoms with Gasteiger partial charge in [0.15, 0.2) is 0 Å². The molecule has 1 unspecified atom stereocenters. The monoisotopic (exact) mass is 141 g/mol. The van der Waals surface area contributed by atoms with Crippen LogP contribution in [0.15, 0.2) is 0 Å². The number of nitrogens with one attached hydrogen (secondary N) is 1. The molecule has 10 heavy (non-hydrogen) atoms. The lowest BCUT2D eigenvalue weighted by atomic mass is 10.4. The molecule has 0 aliphatic heterocycles. The highest BCUT2D eigenvalue weighted by molar-refractivity contribution is 5.82. The molecule has 0 radical (unpaired) electrons. The molecule has 0 saturated heterocycles. The number of hydrogen-bond donors (Lipinski definition) is 1. The molecular weight excluding hydrogens is 124 g/mol. The van der Waals surface area contributed by atoms with Crippen LogP contribution in [-0.2, 0) is 0 Å². The van der Waals surface area contributed by atoms with Crippen LogP contribution >= 0.6 is 0 Å². The van der Waals surface area contributed by atoms with Gasteiger partial charge in [0, 0.05) is 13.8 Å². The van der Waals surface area contributed by atoms with Gasteiger partial charge in [0.1, 0.15) is 6.04 Å². The van der Waals surface area contributed by atoms with E-state index in [9.17, 15) is 0 Å². The van der Waals surface area contributed by atoms with E-state index in [4.69, 9.17) is 0 Å². The first-order valence-electron chi connectivity index (χ1n) is 3.74. The van der Waals surface area contributed by atoms with Gasteiger partial charge >= 0.3 is 0 Å². The first-order chi connectivity index (χ1) is 4.66. The van der Waals surface area contributed by atoms with Crippen LogP contribution in [0.5, 0.6) is 0 Å². The topological polar surface area (TPSA) is 26.1 Å². The van der Waals surface area contributed by atoms with E-state index >= 15 is 0 Å². The molecule has 0 aromatic heterocycles. The summed E-state index contributed by atoms with van der Waals surface area (Å²) in [6, 6.07) is 0.389. The summed E-state index contributed by atoms with van der Waals surface area (Å²) in [5, 5.41) is 3.24. The molecule has 1 atom stereocenters. The van der Waals surface area contributed by atoms with Gasteiger partial charge in [-0.15, -0.1) is 4.67 Å². The maximum atomic E-state index is 4.17. The first-order valence-corrected chi connectivity index (χ1v) is 3.74. The van der Waals surface area contributed by atoms with Crippen LogP contribution in [-0.4, -0.2) is 24.5 Å². The molecule has 0 saturated carbocycles. The van der Waals surface area contributed by atoms with Crippen LogP contribution in [0.1, 0.15) is 27.7 Å². The van der Waals surface area contributed by atoms with Gasteiger partial charge in [-0.1, -0.05) is 6.92 Å². The summed E-state index contributed by atoms with van der Waals surface area (Å²) in [4.78, 5) is 0. The molecule has 0 spiro atoms. The maximum Gasteiger partial charge on any atom is 0.285 e. The summed E-state index contributed by atoms with van der Waals surface area (Å²) in [5.41, 5.74) is 1.10. The highest BCUT2D eigenvalue weighted by Gasteiger charge is 1.98. The van der Waals surface area contributed by atoms with Crippen molar-refractivity contribution >= 4 is 11.9 Å². The average Bonchev–Trinajstić information content (AvgIpc) is 1.85. The zero-order chi connectivity index (χ0) is 7.98. The number of nitrogens with zero attached hydrogens (tertiary/aromatic N) is 1. The summed E-state index contributed by atoms with van der Waals surface area (Å²) < 4.78 is 4.17. The molecule has 58 valence electrons. The van der Waals surface area contributed by atoms with Gasteiger partial charge in [0.2, 0.25) is 0 Å². The molecule has 0 aromatic carbocycles. The van der Waals surface area contributed by atoms with E-state index < -0.39 is 0 Å². The lowest BCUT2D eigenvalue weighted by molar-refractivity contribution is 0.696. The molecule has 2 nitrogen and oxygen atoms in total. The van der Waals surface area contributed by atoms with Crippen molar-refractivity contribution in [2.24, 2.45) is 0 Å². The Morgan fingerprint density at radius 2 is 2.20 bits per heavy atom. The Morgan fingerprint density at radius 1 is 1.60 bits per heavy atom. The minimum Gasteiger partial charge on any atom is -0.305 e. The molecule has 0 aliphatic carbocycles. The Bertz CT molecular complexity index is 139. The molecule has 0 amide bonds. The lowest BCUT2D eigenvalue weighted by Gasteiger charge is -1.97. The van der Waals surface area contributed by atoms with Crippen molar-refractivity contribution in [1.29, 1.82) is 0 Å². The van der Waals surface area contributed by atoms with Gasteiger partial charge in [-0.3, -0.25) is 0 Å². The number of rotatable bonds is 3. The number of hydrogen-bond acceptors (Lipinski definition) is 1. The van der Waals surface area contributed by atoms with Crippen LogP contribution < -0.4 is 9.98 Å². The van der Waals surface area contributed by atoms with Crippen molar-refractivity contribution < 1.29 is 0 Å². The largest absolute Gasteiger partial charge is 0.305 e. The minimum absolute atomic E-state index is 0.389. The van der Waals surface area contributed by atoms with Crippen LogP contribution in [0.2, 0.25) is 0 Å². The summed E-state index contributed by atoms with van der Waals surface area (Å²) in [5.74, 6) is 0. The van der Waals surface area contributed by atoms with Gasteiger partial charge in [-0.2, -0.15) is 0 Å². The lowest BCUT2D eigenvalue weighted by Crippen LogP contribution is -2.27. The molecule has 0 fully saturated rings.